The van der Waals surface area contributed by atoms with Gasteiger partial charge in [-0.2, -0.15) is 0 Å². The molecule has 13 nitrogen and oxygen atoms in total. The lowest BCUT2D eigenvalue weighted by Gasteiger charge is -2.12. The Kier molecular flexibility index (Phi) is 7.32. The van der Waals surface area contributed by atoms with Crippen LogP contribution >= 0.6 is 0 Å². The second-order valence-corrected chi connectivity index (χ2v) is 8.18. The van der Waals surface area contributed by atoms with Crippen LogP contribution in [0.5, 0.6) is 5.75 Å². The first-order valence-electron chi connectivity index (χ1n) is 9.33. The van der Waals surface area contributed by atoms with Crippen LogP contribution in [0.4, 0.5) is 17.3 Å². The number of aromatic nitrogens is 2. The lowest BCUT2D eigenvalue weighted by molar-refractivity contribution is -0.383. The summed E-state index contributed by atoms with van der Waals surface area (Å²) in [4.78, 5) is 32.1. The Morgan fingerprint density at radius 2 is 1.67 bits per heavy atom. The smallest absolute Gasteiger partial charge is 0.356 e. The van der Waals surface area contributed by atoms with Crippen molar-refractivity contribution in [2.75, 3.05) is 17.5 Å². The van der Waals surface area contributed by atoms with Crippen molar-refractivity contribution in [1.29, 1.82) is 0 Å². The van der Waals surface area contributed by atoms with Crippen LogP contribution in [0.15, 0.2) is 65.8 Å². The molecule has 0 spiro atoms. The van der Waals surface area contributed by atoms with Crippen molar-refractivity contribution >= 4 is 33.3 Å². The van der Waals surface area contributed by atoms with Crippen molar-refractivity contribution in [3.63, 3.8) is 0 Å². The number of nitro groups is 1. The number of carbonyl (C=O) groups is 1. The molecule has 0 unspecified atom stereocenters. The summed E-state index contributed by atoms with van der Waals surface area (Å²) >= 11 is 0. The number of benzene rings is 2. The van der Waals surface area contributed by atoms with Crippen LogP contribution in [0.1, 0.15) is 5.56 Å². The number of hydrazine groups is 2. The summed E-state index contributed by atoms with van der Waals surface area (Å²) in [6, 6.07) is 14.5. The summed E-state index contributed by atoms with van der Waals surface area (Å²) in [5.74, 6) is -0.988. The molecule has 1 heterocycles. The highest BCUT2D eigenvalue weighted by Crippen LogP contribution is 2.28. The molecule has 14 heteroatoms. The molecule has 3 aromatic rings. The molecule has 2 aromatic carbocycles. The van der Waals surface area contributed by atoms with Gasteiger partial charge in [-0.15, -0.1) is 4.83 Å². The molecule has 0 aliphatic carbocycles. The Labute approximate surface area is 188 Å². The molecule has 172 valence electrons. The normalized spacial score (nSPS) is 10.8. The molecule has 0 atom stereocenters. The summed E-state index contributed by atoms with van der Waals surface area (Å²) < 4.78 is 30.1. The molecule has 0 bridgehead atoms. The third kappa shape index (κ3) is 6.34. The molecule has 1 amide bonds. The van der Waals surface area contributed by atoms with Gasteiger partial charge in [-0.25, -0.2) is 18.4 Å². The van der Waals surface area contributed by atoms with Crippen LogP contribution in [0, 0.1) is 17.0 Å². The molecule has 3 rings (SSSR count). The van der Waals surface area contributed by atoms with Crippen molar-refractivity contribution in [1.82, 2.24) is 20.2 Å². The predicted octanol–water partition coefficient (Wildman–Crippen LogP) is 1.52. The molecular formula is C19H19N7O6S. The fraction of sp³-hybridized carbons (Fsp3) is 0.105. The molecule has 33 heavy (non-hydrogen) atoms. The predicted molar refractivity (Wildman–Crippen MR) is 118 cm³/mol. The summed E-state index contributed by atoms with van der Waals surface area (Å²) in [6.07, 6.45) is 0.949. The minimum Gasteiger partial charge on any atom is -0.484 e. The van der Waals surface area contributed by atoms with Crippen molar-refractivity contribution in [2.24, 2.45) is 0 Å². The van der Waals surface area contributed by atoms with Gasteiger partial charge in [0.15, 0.2) is 6.61 Å². The van der Waals surface area contributed by atoms with Crippen LogP contribution in [0.25, 0.3) is 0 Å². The van der Waals surface area contributed by atoms with Gasteiger partial charge in [0.05, 0.1) is 9.82 Å². The Balaban J connectivity index is 1.67. The lowest BCUT2D eigenvalue weighted by Crippen LogP contribution is -2.34. The largest absolute Gasteiger partial charge is 0.484 e. The first-order chi connectivity index (χ1) is 15.8. The first kappa shape index (κ1) is 23.4. The minimum atomic E-state index is -4.04. The van der Waals surface area contributed by atoms with Gasteiger partial charge >= 0.3 is 5.69 Å². The fourth-order valence-corrected chi connectivity index (χ4v) is 3.30. The number of hydrogen-bond acceptors (Lipinski definition) is 10. The first-order valence-corrected chi connectivity index (χ1v) is 10.8. The summed E-state index contributed by atoms with van der Waals surface area (Å²) in [6.45, 7) is 1.44. The van der Waals surface area contributed by atoms with E-state index in [0.717, 1.165) is 11.9 Å². The number of ether oxygens (including phenoxy) is 1. The van der Waals surface area contributed by atoms with E-state index in [4.69, 9.17) is 4.74 Å². The Bertz CT molecular complexity index is 1240. The molecule has 0 saturated heterocycles. The van der Waals surface area contributed by atoms with Gasteiger partial charge in [0, 0.05) is 0 Å². The van der Waals surface area contributed by atoms with Crippen LogP contribution in [-0.4, -0.2) is 35.8 Å². The lowest BCUT2D eigenvalue weighted by atomic mass is 10.2. The molecule has 0 fully saturated rings. The number of para-hydroxylation sites is 1. The average Bonchev–Trinajstić information content (AvgIpc) is 2.81. The summed E-state index contributed by atoms with van der Waals surface area (Å²) in [5, 5.41) is 11.6. The van der Waals surface area contributed by atoms with Gasteiger partial charge in [0.1, 0.15) is 12.1 Å². The number of hydrogen-bond donors (Lipinski definition) is 4. The second kappa shape index (κ2) is 10.3. The SMILES string of the molecule is Cc1ccc(S(=O)(=O)NNc2ncnc(NNC(=O)COc3ccccc3)c2[N+](=O)[O-])cc1. The van der Waals surface area contributed by atoms with Gasteiger partial charge in [0.25, 0.3) is 15.9 Å². The number of sulfonamides is 1. The standard InChI is InChI=1S/C19H19N7O6S/c1-13-7-9-15(10-8-13)33(30,31)25-24-19-17(26(28)29)18(20-12-21-19)23-22-16(27)11-32-14-5-3-2-4-6-14/h2-10,12,25H,11H2,1H3,(H,22,27)(H2,20,21,23,24). The maximum atomic E-state index is 12.4. The van der Waals surface area contributed by atoms with Gasteiger partial charge in [0.2, 0.25) is 11.6 Å². The van der Waals surface area contributed by atoms with E-state index in [1.165, 1.54) is 12.1 Å². The maximum absolute atomic E-state index is 12.4. The van der Waals surface area contributed by atoms with Gasteiger partial charge in [-0.1, -0.05) is 35.9 Å². The van der Waals surface area contributed by atoms with Crippen LogP contribution < -0.4 is 25.8 Å². The van der Waals surface area contributed by atoms with E-state index < -0.39 is 32.4 Å². The number of nitrogens with zero attached hydrogens (tertiary/aromatic N) is 3. The summed E-state index contributed by atoms with van der Waals surface area (Å²) in [7, 11) is -4.04. The van der Waals surface area contributed by atoms with E-state index in [9.17, 15) is 23.3 Å². The fourth-order valence-electron chi connectivity index (χ4n) is 2.46. The quantitative estimate of drug-likeness (QED) is 0.249. The number of aryl methyl sites for hydroxylation is 1. The van der Waals surface area contributed by atoms with E-state index in [2.05, 4.69) is 26.2 Å². The Morgan fingerprint density at radius 1 is 1.03 bits per heavy atom. The van der Waals surface area contributed by atoms with Crippen LogP contribution in [0.3, 0.4) is 0 Å². The van der Waals surface area contributed by atoms with Gasteiger partial charge < -0.3 is 4.74 Å². The maximum Gasteiger partial charge on any atom is 0.356 e. The van der Waals surface area contributed by atoms with E-state index in [-0.39, 0.29) is 17.3 Å². The van der Waals surface area contributed by atoms with Crippen molar-refractivity contribution in [2.45, 2.75) is 11.8 Å². The number of amides is 1. The topological polar surface area (TPSA) is 177 Å². The molecule has 0 saturated carbocycles. The molecule has 0 aliphatic rings. The van der Waals surface area contributed by atoms with Crippen LogP contribution in [-0.2, 0) is 14.8 Å². The Hall–Kier alpha value is -4.30. The number of anilines is 2. The van der Waals surface area contributed by atoms with Crippen molar-refractivity contribution < 1.29 is 22.9 Å². The van der Waals surface area contributed by atoms with Crippen molar-refractivity contribution in [3.05, 3.63) is 76.6 Å². The van der Waals surface area contributed by atoms with E-state index in [1.807, 2.05) is 4.83 Å². The molecular weight excluding hydrogens is 454 g/mol. The molecule has 0 aliphatic heterocycles. The van der Waals surface area contributed by atoms with Gasteiger partial charge in [-0.05, 0) is 31.2 Å². The molecule has 4 N–H and O–H groups in total. The zero-order valence-corrected chi connectivity index (χ0v) is 18.0. The highest BCUT2D eigenvalue weighted by molar-refractivity contribution is 7.89. The van der Waals surface area contributed by atoms with Gasteiger partial charge in [-0.3, -0.25) is 31.2 Å². The third-order valence-corrected chi connectivity index (χ3v) is 5.34. The van der Waals surface area contributed by atoms with E-state index in [0.29, 0.717) is 5.75 Å². The zero-order valence-electron chi connectivity index (χ0n) is 17.2. The number of nitrogens with one attached hydrogen (secondary N) is 4. The molecule has 0 radical (unpaired) electrons. The highest BCUT2D eigenvalue weighted by Gasteiger charge is 2.25. The highest BCUT2D eigenvalue weighted by atomic mass is 32.2. The minimum absolute atomic E-state index is 0.0543. The second-order valence-electron chi connectivity index (χ2n) is 6.50. The summed E-state index contributed by atoms with van der Waals surface area (Å²) in [5.41, 5.74) is 6.91. The van der Waals surface area contributed by atoms with E-state index >= 15 is 0 Å². The zero-order chi connectivity index (χ0) is 23.8. The average molecular weight is 473 g/mol. The van der Waals surface area contributed by atoms with Crippen molar-refractivity contribution in [3.8, 4) is 5.75 Å². The third-order valence-electron chi connectivity index (χ3n) is 4.07. The van der Waals surface area contributed by atoms with Crippen LogP contribution in [0.2, 0.25) is 0 Å². The monoisotopic (exact) mass is 473 g/mol. The number of carbonyl (C=O) groups excluding carboxylic acids is 1. The Morgan fingerprint density at radius 3 is 2.30 bits per heavy atom. The molecule has 1 aromatic heterocycles. The number of rotatable bonds is 10. The van der Waals surface area contributed by atoms with E-state index in [1.54, 1.807) is 49.4 Å².